The SMILES string of the molecule is CCCC1CCCC1.CCCC1CCCC1.CCCC1CCCC1.[Nb]. The molecule has 0 nitrogen and oxygen atoms in total. The quantitative estimate of drug-likeness (QED) is 0.370. The van der Waals surface area contributed by atoms with E-state index in [1.807, 2.05) is 0 Å². The van der Waals surface area contributed by atoms with Crippen LogP contribution in [0.3, 0.4) is 0 Å². The number of rotatable bonds is 6. The Kier molecular flexibility index (Phi) is 18.7. The molecule has 0 saturated heterocycles. The maximum atomic E-state index is 2.29. The molecule has 0 aromatic heterocycles. The largest absolute Gasteiger partial charge is 0.0654 e. The molecule has 3 saturated carbocycles. The van der Waals surface area contributed by atoms with Gasteiger partial charge in [0.25, 0.3) is 0 Å². The van der Waals surface area contributed by atoms with Crippen LogP contribution < -0.4 is 0 Å². The van der Waals surface area contributed by atoms with Crippen LogP contribution in [0, 0.1) is 17.8 Å². The van der Waals surface area contributed by atoms with Crippen LogP contribution in [0.5, 0.6) is 0 Å². The number of hydrogen-bond donors (Lipinski definition) is 0. The van der Waals surface area contributed by atoms with Gasteiger partial charge < -0.3 is 0 Å². The fourth-order valence-electron chi connectivity index (χ4n) is 5.12. The third-order valence-electron chi connectivity index (χ3n) is 6.52. The molecule has 0 spiro atoms. The first-order chi connectivity index (χ1) is 11.8. The van der Waals surface area contributed by atoms with Crippen molar-refractivity contribution in [2.75, 3.05) is 0 Å². The molecular weight excluding hydrogens is 381 g/mol. The fourth-order valence-corrected chi connectivity index (χ4v) is 5.12. The molecule has 0 aliphatic heterocycles. The van der Waals surface area contributed by atoms with Crippen LogP contribution in [-0.2, 0) is 22.4 Å². The van der Waals surface area contributed by atoms with Gasteiger partial charge in [-0.05, 0) is 17.8 Å². The van der Waals surface area contributed by atoms with Crippen molar-refractivity contribution >= 4 is 0 Å². The summed E-state index contributed by atoms with van der Waals surface area (Å²) in [5.74, 6) is 3.33. The molecule has 3 fully saturated rings. The molecule has 25 heavy (non-hydrogen) atoms. The molecule has 3 aliphatic carbocycles. The predicted molar refractivity (Wildman–Crippen MR) is 111 cm³/mol. The minimum Gasteiger partial charge on any atom is -0.0654 e. The third-order valence-corrected chi connectivity index (χ3v) is 6.52. The van der Waals surface area contributed by atoms with Gasteiger partial charge >= 0.3 is 0 Å². The van der Waals surface area contributed by atoms with E-state index in [1.165, 1.54) is 116 Å². The Morgan fingerprint density at radius 3 is 0.800 bits per heavy atom. The second kappa shape index (κ2) is 18.1. The average Bonchev–Trinajstić information content (AvgIpc) is 3.33. The first-order valence-corrected chi connectivity index (χ1v) is 11.8. The van der Waals surface area contributed by atoms with Crippen LogP contribution in [0.4, 0.5) is 0 Å². The van der Waals surface area contributed by atoms with Crippen molar-refractivity contribution in [3.8, 4) is 0 Å². The molecule has 0 amide bonds. The Morgan fingerprint density at radius 1 is 0.440 bits per heavy atom. The van der Waals surface area contributed by atoms with Gasteiger partial charge in [-0.3, -0.25) is 0 Å². The molecule has 0 unspecified atom stereocenters. The van der Waals surface area contributed by atoms with Gasteiger partial charge in [-0.25, -0.2) is 0 Å². The third kappa shape index (κ3) is 13.5. The summed E-state index contributed by atoms with van der Waals surface area (Å²) in [6.45, 7) is 6.87. The summed E-state index contributed by atoms with van der Waals surface area (Å²) in [5.41, 5.74) is 0. The van der Waals surface area contributed by atoms with Crippen LogP contribution in [0.2, 0.25) is 0 Å². The Hall–Kier alpha value is 0.740. The van der Waals surface area contributed by atoms with E-state index in [4.69, 9.17) is 0 Å². The van der Waals surface area contributed by atoms with Crippen molar-refractivity contribution in [1.29, 1.82) is 0 Å². The van der Waals surface area contributed by atoms with E-state index in [0.29, 0.717) is 0 Å². The normalized spacial score (nSPS) is 21.2. The molecule has 1 heteroatoms. The molecule has 0 atom stereocenters. The molecule has 0 bridgehead atoms. The van der Waals surface area contributed by atoms with Crippen molar-refractivity contribution in [1.82, 2.24) is 0 Å². The standard InChI is InChI=1S/3C8H16.Nb/c3*1-2-5-8-6-3-4-7-8;/h3*8H,2-7H2,1H3;. The van der Waals surface area contributed by atoms with Crippen LogP contribution in [-0.4, -0.2) is 0 Å². The molecule has 0 N–H and O–H groups in total. The van der Waals surface area contributed by atoms with Gasteiger partial charge in [-0.15, -0.1) is 0 Å². The summed E-state index contributed by atoms with van der Waals surface area (Å²) in [5, 5.41) is 0. The first kappa shape index (κ1) is 25.7. The van der Waals surface area contributed by atoms with Gasteiger partial charge in [0.15, 0.2) is 0 Å². The van der Waals surface area contributed by atoms with Gasteiger partial charge in [-0.2, -0.15) is 0 Å². The van der Waals surface area contributed by atoms with Crippen molar-refractivity contribution in [2.45, 2.75) is 136 Å². The van der Waals surface area contributed by atoms with Crippen LogP contribution >= 0.6 is 0 Å². The molecule has 0 aromatic rings. The van der Waals surface area contributed by atoms with E-state index >= 15 is 0 Å². The molecule has 3 rings (SSSR count). The van der Waals surface area contributed by atoms with Crippen molar-refractivity contribution < 1.29 is 22.4 Å². The molecule has 0 heterocycles. The molecule has 149 valence electrons. The summed E-state index contributed by atoms with van der Waals surface area (Å²) in [6.07, 6.45) is 26.8. The average molecular weight is 430 g/mol. The van der Waals surface area contributed by atoms with Crippen molar-refractivity contribution in [2.24, 2.45) is 17.8 Å². The van der Waals surface area contributed by atoms with E-state index in [1.54, 1.807) is 0 Å². The fraction of sp³-hybridized carbons (Fsp3) is 1.00. The summed E-state index contributed by atoms with van der Waals surface area (Å²) in [4.78, 5) is 0. The Balaban J connectivity index is 0.000000339. The van der Waals surface area contributed by atoms with Crippen LogP contribution in [0.15, 0.2) is 0 Å². The Bertz CT molecular complexity index is 202. The van der Waals surface area contributed by atoms with Crippen LogP contribution in [0.25, 0.3) is 0 Å². The van der Waals surface area contributed by atoms with E-state index in [2.05, 4.69) is 20.8 Å². The van der Waals surface area contributed by atoms with E-state index in [0.717, 1.165) is 17.8 Å². The molecule has 0 aromatic carbocycles. The maximum Gasteiger partial charge on any atom is 0 e. The van der Waals surface area contributed by atoms with Gasteiger partial charge in [0, 0.05) is 22.4 Å². The summed E-state index contributed by atoms with van der Waals surface area (Å²) < 4.78 is 0. The molecular formula is C24H48Nb. The summed E-state index contributed by atoms with van der Waals surface area (Å²) in [6, 6.07) is 0. The van der Waals surface area contributed by atoms with Crippen molar-refractivity contribution in [3.63, 3.8) is 0 Å². The smallest absolute Gasteiger partial charge is 0 e. The Labute approximate surface area is 176 Å². The molecule has 3 aliphatic rings. The van der Waals surface area contributed by atoms with Gasteiger partial charge in [0.05, 0.1) is 0 Å². The Morgan fingerprint density at radius 2 is 0.640 bits per heavy atom. The molecule has 1 radical (unpaired) electrons. The zero-order valence-corrected chi connectivity index (χ0v) is 20.1. The second-order valence-electron chi connectivity index (χ2n) is 8.82. The maximum absolute atomic E-state index is 2.29. The minimum atomic E-state index is 0. The predicted octanol–water partition coefficient (Wildman–Crippen LogP) is 8.93. The van der Waals surface area contributed by atoms with Crippen LogP contribution in [0.1, 0.15) is 136 Å². The minimum absolute atomic E-state index is 0. The number of hydrogen-bond acceptors (Lipinski definition) is 0. The summed E-state index contributed by atoms with van der Waals surface area (Å²) >= 11 is 0. The second-order valence-corrected chi connectivity index (χ2v) is 8.82. The van der Waals surface area contributed by atoms with E-state index in [9.17, 15) is 0 Å². The first-order valence-electron chi connectivity index (χ1n) is 11.8. The van der Waals surface area contributed by atoms with E-state index < -0.39 is 0 Å². The van der Waals surface area contributed by atoms with E-state index in [-0.39, 0.29) is 22.4 Å². The van der Waals surface area contributed by atoms with Gasteiger partial charge in [0.1, 0.15) is 0 Å². The zero-order valence-electron chi connectivity index (χ0n) is 17.9. The topological polar surface area (TPSA) is 0 Å². The van der Waals surface area contributed by atoms with Gasteiger partial charge in [0.2, 0.25) is 0 Å². The van der Waals surface area contributed by atoms with Crippen molar-refractivity contribution in [3.05, 3.63) is 0 Å². The zero-order chi connectivity index (χ0) is 17.5. The monoisotopic (exact) mass is 429 g/mol. The summed E-state index contributed by atoms with van der Waals surface area (Å²) in [7, 11) is 0. The van der Waals surface area contributed by atoms with Gasteiger partial charge in [-0.1, -0.05) is 136 Å².